The lowest BCUT2D eigenvalue weighted by Gasteiger charge is -2.48. The van der Waals surface area contributed by atoms with E-state index in [1.807, 2.05) is 0 Å². The molecule has 1 aliphatic carbocycles. The molecule has 2 aliphatic heterocycles. The van der Waals surface area contributed by atoms with Gasteiger partial charge in [-0.1, -0.05) is 0 Å². The fourth-order valence-corrected chi connectivity index (χ4v) is 6.16. The average molecular weight is 805 g/mol. The summed E-state index contributed by atoms with van der Waals surface area (Å²) in [6.07, 6.45) is -7.96. The molecule has 1 saturated heterocycles. The highest BCUT2D eigenvalue weighted by molar-refractivity contribution is 5.69. The molecule has 2 fully saturated rings. The largest absolute Gasteiger partial charge is 0.466 e. The zero-order chi connectivity index (χ0) is 42.2. The highest BCUT2D eigenvalue weighted by Crippen LogP contribution is 2.33. The molecule has 3 rings (SSSR count). The van der Waals surface area contributed by atoms with E-state index in [9.17, 15) is 34.8 Å². The van der Waals surface area contributed by atoms with Gasteiger partial charge in [-0.3, -0.25) is 0 Å². The molecule has 10 N–H and O–H groups in total. The molecule has 0 unspecified atom stereocenters. The van der Waals surface area contributed by atoms with Crippen molar-refractivity contribution in [2.24, 2.45) is 5.73 Å². The summed E-state index contributed by atoms with van der Waals surface area (Å²) in [4.78, 5) is 38.2. The van der Waals surface area contributed by atoms with Gasteiger partial charge in [0.25, 0.3) is 0 Å². The van der Waals surface area contributed by atoms with E-state index in [4.69, 9.17) is 38.9 Å². The molecule has 1 saturated carbocycles. The van der Waals surface area contributed by atoms with Crippen molar-refractivity contribution in [1.29, 1.82) is 0 Å². The van der Waals surface area contributed by atoms with Crippen molar-refractivity contribution in [2.45, 2.75) is 172 Å². The van der Waals surface area contributed by atoms with Crippen molar-refractivity contribution >= 4 is 18.3 Å². The minimum atomic E-state index is -1.59. The van der Waals surface area contributed by atoms with Crippen molar-refractivity contribution in [2.75, 3.05) is 26.2 Å². The van der Waals surface area contributed by atoms with Crippen LogP contribution >= 0.6 is 0 Å². The second-order valence-electron chi connectivity index (χ2n) is 17.6. The van der Waals surface area contributed by atoms with E-state index in [1.54, 1.807) is 68.4 Å². The molecule has 0 spiro atoms. The number of nitrogens with one attached hydrogen (secondary N) is 4. The third-order valence-corrected chi connectivity index (χ3v) is 8.47. The SMILES string of the molecule is CC(C)(C)OC(=O)NCC[C@H](O)CN[C@@H]1C[C@H](NC(=O)OC(C)(C)C)[C@@H](O[C@H]2OC(CN)=CC[C@H]2NC(=O)OC(C)(C)C)[C@H](O)[C@H]1O[C@H]1OC[C@](C)(O)[CH][C@H]1O. The van der Waals surface area contributed by atoms with Crippen LogP contribution in [0.5, 0.6) is 0 Å². The van der Waals surface area contributed by atoms with Gasteiger partial charge >= 0.3 is 18.3 Å². The minimum Gasteiger partial charge on any atom is -0.466 e. The first-order valence-corrected chi connectivity index (χ1v) is 19.0. The Morgan fingerprint density at radius 3 is 1.96 bits per heavy atom. The van der Waals surface area contributed by atoms with E-state index in [0.29, 0.717) is 5.76 Å². The van der Waals surface area contributed by atoms with Crippen LogP contribution in [0, 0.1) is 6.42 Å². The zero-order valence-electron chi connectivity index (χ0n) is 34.3. The average Bonchev–Trinajstić information content (AvgIpc) is 3.02. The predicted octanol–water partition coefficient (Wildman–Crippen LogP) is 0.803. The second-order valence-corrected chi connectivity index (χ2v) is 17.6. The summed E-state index contributed by atoms with van der Waals surface area (Å²) < 4.78 is 40.6. The van der Waals surface area contributed by atoms with Crippen molar-refractivity contribution in [1.82, 2.24) is 21.3 Å². The maximum absolute atomic E-state index is 13.2. The molecule has 19 nitrogen and oxygen atoms in total. The highest BCUT2D eigenvalue weighted by atomic mass is 16.7. The van der Waals surface area contributed by atoms with E-state index in [0.717, 1.165) is 0 Å². The van der Waals surface area contributed by atoms with Crippen LogP contribution in [0.2, 0.25) is 0 Å². The van der Waals surface area contributed by atoms with Gasteiger partial charge in [-0.25, -0.2) is 14.4 Å². The summed E-state index contributed by atoms with van der Waals surface area (Å²) in [6, 6.07) is -2.65. The first-order valence-electron chi connectivity index (χ1n) is 19.0. The standard InChI is InChI=1S/C37H66N5O14/c1-34(2,3)54-31(46)39-14-13-20(43)18-40-23-15-24(42-33(48)56-36(7,8)9)28(26(45)27(23)53-30-25(44)16-37(10,49)19-50-30)52-29-22(12-11-21(17-38)51-29)41-32(47)55-35(4,5)6/h11,16,20,22-30,40,43-45,49H,12-15,17-19,38H2,1-10H3,(H,39,46)(H,41,47)(H,42,48)/t20-,22+,23+,24-,25+,26+,27-,28+,29+,30+,37+/m0/s1. The van der Waals surface area contributed by atoms with Gasteiger partial charge in [-0.2, -0.15) is 0 Å². The summed E-state index contributed by atoms with van der Waals surface area (Å²) >= 11 is 0. The van der Waals surface area contributed by atoms with E-state index >= 15 is 0 Å². The van der Waals surface area contributed by atoms with Gasteiger partial charge < -0.3 is 80.6 Å². The molecule has 3 amide bonds. The Labute approximate surface area is 329 Å². The number of alkyl carbamates (subject to hydrolysis) is 3. The third-order valence-electron chi connectivity index (χ3n) is 8.47. The number of rotatable bonds is 13. The van der Waals surface area contributed by atoms with E-state index < -0.39 is 102 Å². The molecule has 323 valence electrons. The Kier molecular flexibility index (Phi) is 16.6. The first kappa shape index (κ1) is 47.4. The van der Waals surface area contributed by atoms with E-state index in [1.165, 1.54) is 13.3 Å². The fraction of sp³-hybridized carbons (Fsp3) is 0.838. The molecule has 3 aliphatic rings. The Morgan fingerprint density at radius 1 is 0.875 bits per heavy atom. The van der Waals surface area contributed by atoms with Crippen molar-refractivity contribution < 1.29 is 68.0 Å². The Bertz CT molecular complexity index is 1330. The highest BCUT2D eigenvalue weighted by Gasteiger charge is 2.51. The van der Waals surface area contributed by atoms with E-state index in [-0.39, 0.29) is 45.5 Å². The van der Waals surface area contributed by atoms with Crippen molar-refractivity contribution in [3.63, 3.8) is 0 Å². The number of aliphatic hydroxyl groups excluding tert-OH is 3. The molecule has 11 atom stereocenters. The number of hydrogen-bond donors (Lipinski definition) is 9. The maximum Gasteiger partial charge on any atom is 0.408 e. The summed E-state index contributed by atoms with van der Waals surface area (Å²) in [5, 5.41) is 55.7. The smallest absolute Gasteiger partial charge is 0.408 e. The summed E-state index contributed by atoms with van der Waals surface area (Å²) in [7, 11) is 0. The minimum absolute atomic E-state index is 0.00915. The molecular formula is C37H66N5O14. The van der Waals surface area contributed by atoms with Gasteiger partial charge in [-0.05, 0) is 94.6 Å². The summed E-state index contributed by atoms with van der Waals surface area (Å²) in [5.41, 5.74) is 2.07. The lowest BCUT2D eigenvalue weighted by Crippen LogP contribution is -2.68. The number of amides is 3. The van der Waals surface area contributed by atoms with Gasteiger partial charge in [0.1, 0.15) is 47.0 Å². The topological polar surface area (TPSA) is 271 Å². The van der Waals surface area contributed by atoms with Crippen LogP contribution in [0.15, 0.2) is 11.8 Å². The van der Waals surface area contributed by atoms with Gasteiger partial charge in [0.15, 0.2) is 6.29 Å². The number of ether oxygens (including phenoxy) is 7. The molecule has 1 radical (unpaired) electrons. The fourth-order valence-electron chi connectivity index (χ4n) is 6.16. The van der Waals surface area contributed by atoms with Crippen LogP contribution < -0.4 is 27.0 Å². The number of carbonyl (C=O) groups excluding carboxylic acids is 3. The Hall–Kier alpha value is -3.01. The molecule has 0 aromatic heterocycles. The van der Waals surface area contributed by atoms with E-state index in [2.05, 4.69) is 21.3 Å². The lowest BCUT2D eigenvalue weighted by atomic mass is 9.83. The normalized spacial score (nSPS) is 31.9. The van der Waals surface area contributed by atoms with Crippen LogP contribution in [0.1, 0.15) is 88.5 Å². The zero-order valence-corrected chi connectivity index (χ0v) is 34.3. The molecule has 2 heterocycles. The van der Waals surface area contributed by atoms with Crippen LogP contribution in [-0.4, -0.2) is 149 Å². The van der Waals surface area contributed by atoms with Crippen LogP contribution in [0.25, 0.3) is 0 Å². The van der Waals surface area contributed by atoms with Gasteiger partial charge in [-0.15, -0.1) is 0 Å². The molecule has 0 bridgehead atoms. The second kappa shape index (κ2) is 19.6. The number of nitrogens with two attached hydrogens (primary N) is 1. The lowest BCUT2D eigenvalue weighted by molar-refractivity contribution is -0.286. The summed E-state index contributed by atoms with van der Waals surface area (Å²) in [6.45, 7) is 16.7. The first-order chi connectivity index (χ1) is 25.7. The molecule has 0 aromatic rings. The van der Waals surface area contributed by atoms with Crippen molar-refractivity contribution in [3.05, 3.63) is 18.3 Å². The number of carbonyl (C=O) groups is 3. The van der Waals surface area contributed by atoms with Crippen LogP contribution in [0.3, 0.4) is 0 Å². The molecular weight excluding hydrogens is 738 g/mol. The number of hydrogen-bond acceptors (Lipinski definition) is 16. The van der Waals surface area contributed by atoms with Gasteiger partial charge in [0, 0.05) is 25.6 Å². The molecule has 19 heteroatoms. The monoisotopic (exact) mass is 804 g/mol. The summed E-state index contributed by atoms with van der Waals surface area (Å²) in [5.74, 6) is 0.364. The van der Waals surface area contributed by atoms with Gasteiger partial charge in [0.2, 0.25) is 6.29 Å². The molecule has 56 heavy (non-hydrogen) atoms. The molecule has 0 aromatic carbocycles. The van der Waals surface area contributed by atoms with Crippen molar-refractivity contribution in [3.8, 4) is 0 Å². The Balaban J connectivity index is 1.91. The van der Waals surface area contributed by atoms with Crippen LogP contribution in [0.4, 0.5) is 14.4 Å². The number of aliphatic hydroxyl groups is 4. The van der Waals surface area contributed by atoms with Gasteiger partial charge in [0.05, 0.1) is 36.9 Å². The Morgan fingerprint density at radius 2 is 1.41 bits per heavy atom. The maximum atomic E-state index is 13.2. The quantitative estimate of drug-likeness (QED) is 0.117. The van der Waals surface area contributed by atoms with Crippen LogP contribution in [-0.2, 0) is 33.2 Å². The predicted molar refractivity (Wildman–Crippen MR) is 201 cm³/mol. The third kappa shape index (κ3) is 16.1.